The van der Waals surface area contributed by atoms with Crippen LogP contribution in [0.5, 0.6) is 0 Å². The third-order valence-corrected chi connectivity index (χ3v) is 4.76. The van der Waals surface area contributed by atoms with Crippen molar-refractivity contribution in [3.05, 3.63) is 35.4 Å². The van der Waals surface area contributed by atoms with Gasteiger partial charge in [0, 0.05) is 37.7 Å². The molecule has 5 nitrogen and oxygen atoms in total. The van der Waals surface area contributed by atoms with E-state index in [2.05, 4.69) is 5.32 Å². The molecule has 0 spiro atoms. The topological polar surface area (TPSA) is 75.4 Å². The van der Waals surface area contributed by atoms with Gasteiger partial charge in [-0.25, -0.2) is 8.78 Å². The number of benzene rings is 1. The summed E-state index contributed by atoms with van der Waals surface area (Å²) in [6, 6.07) is 2.29. The van der Waals surface area contributed by atoms with Gasteiger partial charge in [-0.3, -0.25) is 9.59 Å². The number of carbonyl (C=O) groups excluding carboxylic acids is 2. The highest BCUT2D eigenvalue weighted by Crippen LogP contribution is 2.29. The third-order valence-electron chi connectivity index (χ3n) is 4.76. The first-order chi connectivity index (χ1) is 11.6. The van der Waals surface area contributed by atoms with Gasteiger partial charge in [0.05, 0.1) is 12.5 Å². The lowest BCUT2D eigenvalue weighted by Gasteiger charge is -2.43. The first-order valence-corrected chi connectivity index (χ1v) is 8.35. The molecule has 1 heterocycles. The monoisotopic (exact) mass is 353 g/mol. The molecule has 0 radical (unpaired) electrons. The molecule has 25 heavy (non-hydrogen) atoms. The van der Waals surface area contributed by atoms with Crippen LogP contribution in [-0.4, -0.2) is 35.8 Å². The predicted octanol–water partition coefficient (Wildman–Crippen LogP) is 2.12. The number of piperidine rings is 1. The number of rotatable bonds is 4. The van der Waals surface area contributed by atoms with Crippen molar-refractivity contribution in [3.8, 4) is 0 Å². The predicted molar refractivity (Wildman–Crippen MR) is 90.5 cm³/mol. The molecule has 138 valence electrons. The van der Waals surface area contributed by atoms with E-state index in [1.807, 2.05) is 13.8 Å². The normalized spacial score (nSPS) is 20.9. The fourth-order valence-electron chi connectivity index (χ4n) is 3.16. The lowest BCUT2D eigenvalue weighted by atomic mass is 9.79. The number of halogens is 2. The van der Waals surface area contributed by atoms with Crippen LogP contribution >= 0.6 is 0 Å². The molecule has 1 fully saturated rings. The van der Waals surface area contributed by atoms with E-state index in [4.69, 9.17) is 5.73 Å². The maximum Gasteiger partial charge on any atom is 0.225 e. The van der Waals surface area contributed by atoms with Gasteiger partial charge in [-0.2, -0.15) is 0 Å². The highest BCUT2D eigenvalue weighted by Gasteiger charge is 2.36. The van der Waals surface area contributed by atoms with Crippen molar-refractivity contribution in [2.24, 2.45) is 11.1 Å². The molecule has 2 amide bonds. The molecule has 1 aliphatic rings. The summed E-state index contributed by atoms with van der Waals surface area (Å²) < 4.78 is 27.2. The Hall–Kier alpha value is -2.02. The highest BCUT2D eigenvalue weighted by molar-refractivity contribution is 5.79. The van der Waals surface area contributed by atoms with Gasteiger partial charge in [0.2, 0.25) is 11.8 Å². The van der Waals surface area contributed by atoms with Crippen molar-refractivity contribution in [2.45, 2.75) is 45.7 Å². The Morgan fingerprint density at radius 2 is 2.08 bits per heavy atom. The number of nitrogens with one attached hydrogen (secondary N) is 1. The van der Waals surface area contributed by atoms with Gasteiger partial charge in [0.25, 0.3) is 0 Å². The molecular formula is C18H25F2N3O2. The van der Waals surface area contributed by atoms with E-state index >= 15 is 0 Å². The molecule has 1 aliphatic heterocycles. The Morgan fingerprint density at radius 1 is 1.40 bits per heavy atom. The van der Waals surface area contributed by atoms with Gasteiger partial charge in [0.15, 0.2) is 0 Å². The van der Waals surface area contributed by atoms with Gasteiger partial charge in [-0.15, -0.1) is 0 Å². The van der Waals surface area contributed by atoms with Gasteiger partial charge in [0.1, 0.15) is 11.6 Å². The summed E-state index contributed by atoms with van der Waals surface area (Å²) in [6.45, 7) is 6.33. The molecule has 3 N–H and O–H groups in total. The van der Waals surface area contributed by atoms with Crippen molar-refractivity contribution < 1.29 is 18.4 Å². The smallest absolute Gasteiger partial charge is 0.225 e. The Balaban J connectivity index is 2.16. The van der Waals surface area contributed by atoms with Gasteiger partial charge in [-0.1, -0.05) is 19.9 Å². The molecule has 0 saturated carbocycles. The molecule has 1 aromatic rings. The first-order valence-electron chi connectivity index (χ1n) is 8.35. The largest absolute Gasteiger partial charge is 0.349 e. The number of nitrogens with two attached hydrogens (primary N) is 1. The molecule has 1 saturated heterocycles. The third kappa shape index (κ3) is 4.75. The van der Waals surface area contributed by atoms with Crippen LogP contribution in [-0.2, 0) is 9.59 Å². The Labute approximate surface area is 146 Å². The molecule has 2 rings (SSSR count). The second kappa shape index (κ2) is 7.47. The number of carbonyl (C=O) groups is 2. The fraction of sp³-hybridized carbons (Fsp3) is 0.556. The van der Waals surface area contributed by atoms with Crippen LogP contribution in [0.15, 0.2) is 18.2 Å². The van der Waals surface area contributed by atoms with Gasteiger partial charge >= 0.3 is 0 Å². The molecule has 7 heteroatoms. The number of likely N-dealkylation sites (tertiary alicyclic amines) is 1. The fourth-order valence-corrected chi connectivity index (χ4v) is 3.16. The SMILES string of the molecule is CC(=O)NC(CC(=O)N1CCC(N)C(C)(C)C1)c1ccc(F)cc1F. The van der Waals surface area contributed by atoms with Crippen molar-refractivity contribution in [3.63, 3.8) is 0 Å². The summed E-state index contributed by atoms with van der Waals surface area (Å²) in [5, 5.41) is 2.58. The van der Waals surface area contributed by atoms with Gasteiger partial charge in [-0.05, 0) is 17.9 Å². The first kappa shape index (κ1) is 19.3. The molecule has 2 atom stereocenters. The van der Waals surface area contributed by atoms with Crippen LogP contribution in [0.3, 0.4) is 0 Å². The standard InChI is InChI=1S/C18H25F2N3O2/c1-11(24)22-15(13-5-4-12(19)8-14(13)20)9-17(25)23-7-6-16(21)18(2,3)10-23/h4-5,8,15-16H,6-7,9-10,21H2,1-3H3,(H,22,24). The summed E-state index contributed by atoms with van der Waals surface area (Å²) in [6.07, 6.45) is 0.599. The van der Waals surface area contributed by atoms with Crippen molar-refractivity contribution in [1.29, 1.82) is 0 Å². The average Bonchev–Trinajstić information content (AvgIpc) is 2.48. The Morgan fingerprint density at radius 3 is 2.64 bits per heavy atom. The second-order valence-corrected chi connectivity index (χ2v) is 7.32. The summed E-state index contributed by atoms with van der Waals surface area (Å²) in [7, 11) is 0. The second-order valence-electron chi connectivity index (χ2n) is 7.32. The minimum Gasteiger partial charge on any atom is -0.349 e. The zero-order chi connectivity index (χ0) is 18.8. The van der Waals surface area contributed by atoms with E-state index in [1.54, 1.807) is 4.90 Å². The molecule has 0 aliphatic carbocycles. The molecule has 1 aromatic carbocycles. The van der Waals surface area contributed by atoms with Crippen LogP contribution in [0, 0.1) is 17.0 Å². The van der Waals surface area contributed by atoms with Crippen LogP contribution in [0.1, 0.15) is 45.2 Å². The van der Waals surface area contributed by atoms with Gasteiger partial charge < -0.3 is 16.0 Å². The molecular weight excluding hydrogens is 328 g/mol. The molecule has 0 aromatic heterocycles. The van der Waals surface area contributed by atoms with Crippen molar-refractivity contribution >= 4 is 11.8 Å². The maximum atomic E-state index is 14.1. The van der Waals surface area contributed by atoms with E-state index < -0.39 is 17.7 Å². The van der Waals surface area contributed by atoms with E-state index in [0.717, 1.165) is 12.1 Å². The molecule has 2 unspecified atom stereocenters. The van der Waals surface area contributed by atoms with Crippen LogP contribution in [0.2, 0.25) is 0 Å². The zero-order valence-corrected chi connectivity index (χ0v) is 14.8. The quantitative estimate of drug-likeness (QED) is 0.871. The molecule has 0 bridgehead atoms. The summed E-state index contributed by atoms with van der Waals surface area (Å²) in [5.41, 5.74) is 5.97. The van der Waals surface area contributed by atoms with E-state index in [9.17, 15) is 18.4 Å². The van der Waals surface area contributed by atoms with E-state index in [1.165, 1.54) is 13.0 Å². The zero-order valence-electron chi connectivity index (χ0n) is 14.8. The lowest BCUT2D eigenvalue weighted by Crippen LogP contribution is -2.54. The Bertz CT molecular complexity index is 664. The summed E-state index contributed by atoms with van der Waals surface area (Å²) >= 11 is 0. The number of hydrogen-bond acceptors (Lipinski definition) is 3. The lowest BCUT2D eigenvalue weighted by molar-refractivity contribution is -0.135. The minimum absolute atomic E-state index is 0.0113. The Kier molecular flexibility index (Phi) is 5.77. The van der Waals surface area contributed by atoms with E-state index in [-0.39, 0.29) is 35.3 Å². The summed E-state index contributed by atoms with van der Waals surface area (Å²) in [4.78, 5) is 25.8. The van der Waals surface area contributed by atoms with Crippen LogP contribution < -0.4 is 11.1 Å². The summed E-state index contributed by atoms with van der Waals surface area (Å²) in [5.74, 6) is -2.07. The number of amides is 2. The van der Waals surface area contributed by atoms with Crippen molar-refractivity contribution in [2.75, 3.05) is 13.1 Å². The minimum atomic E-state index is -0.843. The van der Waals surface area contributed by atoms with Crippen LogP contribution in [0.25, 0.3) is 0 Å². The van der Waals surface area contributed by atoms with E-state index in [0.29, 0.717) is 19.5 Å². The van der Waals surface area contributed by atoms with Crippen molar-refractivity contribution in [1.82, 2.24) is 10.2 Å². The maximum absolute atomic E-state index is 14.1. The number of hydrogen-bond donors (Lipinski definition) is 2. The highest BCUT2D eigenvalue weighted by atomic mass is 19.1. The van der Waals surface area contributed by atoms with Crippen LogP contribution in [0.4, 0.5) is 8.78 Å². The number of nitrogens with zero attached hydrogens (tertiary/aromatic N) is 1. The average molecular weight is 353 g/mol.